The van der Waals surface area contributed by atoms with Gasteiger partial charge in [-0.05, 0) is 18.8 Å². The molecule has 0 bridgehead atoms. The summed E-state index contributed by atoms with van der Waals surface area (Å²) in [5, 5.41) is 0. The zero-order chi connectivity index (χ0) is 8.27. The van der Waals surface area contributed by atoms with Crippen LogP contribution in [0.4, 0.5) is 0 Å². The van der Waals surface area contributed by atoms with Crippen molar-refractivity contribution in [2.75, 3.05) is 5.75 Å². The average Bonchev–Trinajstić information content (AvgIpc) is 2.34. The van der Waals surface area contributed by atoms with Crippen molar-refractivity contribution in [3.05, 3.63) is 0 Å². The van der Waals surface area contributed by atoms with Crippen molar-refractivity contribution in [3.63, 3.8) is 0 Å². The third-order valence-electron chi connectivity index (χ3n) is 1.93. The Balaban J connectivity index is 2.19. The molecule has 1 heterocycles. The first-order chi connectivity index (χ1) is 5.22. The van der Waals surface area contributed by atoms with E-state index in [0.717, 1.165) is 5.92 Å². The number of hydrogen-bond acceptors (Lipinski definition) is 2. The van der Waals surface area contributed by atoms with Crippen LogP contribution in [0, 0.1) is 5.92 Å². The van der Waals surface area contributed by atoms with Crippen LogP contribution in [0.25, 0.3) is 0 Å². The van der Waals surface area contributed by atoms with Crippen molar-refractivity contribution >= 4 is 11.8 Å². The van der Waals surface area contributed by atoms with E-state index in [4.69, 9.17) is 4.74 Å². The Kier molecular flexibility index (Phi) is 3.73. The van der Waals surface area contributed by atoms with Gasteiger partial charge in [0.05, 0.1) is 6.10 Å². The third-order valence-corrected chi connectivity index (χ3v) is 3.17. The summed E-state index contributed by atoms with van der Waals surface area (Å²) in [4.78, 5) is 0. The van der Waals surface area contributed by atoms with Crippen LogP contribution in [0.3, 0.4) is 0 Å². The minimum Gasteiger partial charge on any atom is -0.364 e. The maximum atomic E-state index is 5.78. The lowest BCUT2D eigenvalue weighted by Gasteiger charge is -2.12. The predicted octanol–water partition coefficient (Wildman–Crippen LogP) is 2.90. The normalized spacial score (nSPS) is 31.6. The highest BCUT2D eigenvalue weighted by Gasteiger charge is 2.24. The van der Waals surface area contributed by atoms with Crippen molar-refractivity contribution < 1.29 is 4.74 Å². The summed E-state index contributed by atoms with van der Waals surface area (Å²) < 4.78 is 5.78. The van der Waals surface area contributed by atoms with Crippen molar-refractivity contribution in [2.24, 2.45) is 5.92 Å². The smallest absolute Gasteiger partial charge is 0.103 e. The van der Waals surface area contributed by atoms with Crippen LogP contribution in [0.2, 0.25) is 0 Å². The van der Waals surface area contributed by atoms with Gasteiger partial charge < -0.3 is 4.74 Å². The predicted molar refractivity (Wildman–Crippen MR) is 50.9 cm³/mol. The second-order valence-electron chi connectivity index (χ2n) is 3.56. The molecule has 0 aliphatic carbocycles. The number of ether oxygens (including phenoxy) is 1. The summed E-state index contributed by atoms with van der Waals surface area (Å²) >= 11 is 1.98. The van der Waals surface area contributed by atoms with Gasteiger partial charge >= 0.3 is 0 Å². The van der Waals surface area contributed by atoms with Crippen LogP contribution < -0.4 is 0 Å². The third kappa shape index (κ3) is 3.04. The van der Waals surface area contributed by atoms with Crippen LogP contribution in [-0.4, -0.2) is 17.3 Å². The van der Waals surface area contributed by atoms with Crippen molar-refractivity contribution in [2.45, 2.75) is 45.2 Å². The molecule has 0 amide bonds. The van der Waals surface area contributed by atoms with Gasteiger partial charge in [-0.15, -0.1) is 11.8 Å². The molecule has 2 heteroatoms. The van der Waals surface area contributed by atoms with Gasteiger partial charge in [0.15, 0.2) is 0 Å². The monoisotopic (exact) mass is 174 g/mol. The van der Waals surface area contributed by atoms with E-state index in [-0.39, 0.29) is 0 Å². The summed E-state index contributed by atoms with van der Waals surface area (Å²) in [5.41, 5.74) is 0.486. The van der Waals surface area contributed by atoms with Gasteiger partial charge in [-0.2, -0.15) is 0 Å². The quantitative estimate of drug-likeness (QED) is 0.650. The van der Waals surface area contributed by atoms with Gasteiger partial charge in [0, 0.05) is 5.75 Å². The Labute approximate surface area is 73.9 Å². The molecule has 0 N–H and O–H groups in total. The highest BCUT2D eigenvalue weighted by molar-refractivity contribution is 8.00. The molecule has 1 fully saturated rings. The molecule has 0 saturated carbocycles. The van der Waals surface area contributed by atoms with Gasteiger partial charge in [-0.25, -0.2) is 0 Å². The molecular formula is C9H18OS. The highest BCUT2D eigenvalue weighted by atomic mass is 32.2. The van der Waals surface area contributed by atoms with Gasteiger partial charge in [0.1, 0.15) is 5.44 Å². The standard InChI is InChI=1S/C9H18OS/c1-4-8-6-11-9(10-8)5-7(2)3/h7-9H,4-6H2,1-3H3. The minimum absolute atomic E-state index is 0.486. The molecule has 1 saturated heterocycles. The molecule has 1 nitrogen and oxygen atoms in total. The van der Waals surface area contributed by atoms with E-state index in [1.807, 2.05) is 11.8 Å². The molecular weight excluding hydrogens is 156 g/mol. The maximum absolute atomic E-state index is 5.78. The van der Waals surface area contributed by atoms with Gasteiger partial charge in [0.2, 0.25) is 0 Å². The lowest BCUT2D eigenvalue weighted by Crippen LogP contribution is -2.11. The maximum Gasteiger partial charge on any atom is 0.103 e. The summed E-state index contributed by atoms with van der Waals surface area (Å²) in [5.74, 6) is 1.97. The first-order valence-corrected chi connectivity index (χ1v) is 5.54. The van der Waals surface area contributed by atoms with Crippen molar-refractivity contribution in [1.82, 2.24) is 0 Å². The van der Waals surface area contributed by atoms with Crippen molar-refractivity contribution in [1.29, 1.82) is 0 Å². The molecule has 66 valence electrons. The zero-order valence-corrected chi connectivity index (χ0v) is 8.49. The topological polar surface area (TPSA) is 9.23 Å². The van der Waals surface area contributed by atoms with E-state index in [2.05, 4.69) is 20.8 Å². The zero-order valence-electron chi connectivity index (χ0n) is 7.67. The fraction of sp³-hybridized carbons (Fsp3) is 1.00. The fourth-order valence-electron chi connectivity index (χ4n) is 1.23. The van der Waals surface area contributed by atoms with Gasteiger partial charge in [-0.3, -0.25) is 0 Å². The van der Waals surface area contributed by atoms with Crippen LogP contribution in [0.5, 0.6) is 0 Å². The van der Waals surface area contributed by atoms with Gasteiger partial charge in [-0.1, -0.05) is 20.8 Å². The number of hydrogen-bond donors (Lipinski definition) is 0. The van der Waals surface area contributed by atoms with Crippen LogP contribution in [0.15, 0.2) is 0 Å². The summed E-state index contributed by atoms with van der Waals surface area (Å²) in [6.45, 7) is 6.70. The Hall–Kier alpha value is 0.310. The van der Waals surface area contributed by atoms with E-state index in [1.54, 1.807) is 0 Å². The van der Waals surface area contributed by atoms with Crippen LogP contribution in [0.1, 0.15) is 33.6 Å². The fourth-order valence-corrected chi connectivity index (χ4v) is 2.73. The van der Waals surface area contributed by atoms with Crippen LogP contribution in [-0.2, 0) is 4.74 Å². The lowest BCUT2D eigenvalue weighted by atomic mass is 10.1. The van der Waals surface area contributed by atoms with E-state index in [1.165, 1.54) is 18.6 Å². The molecule has 2 unspecified atom stereocenters. The van der Waals surface area contributed by atoms with E-state index in [9.17, 15) is 0 Å². The molecule has 0 aromatic rings. The summed E-state index contributed by atoms with van der Waals surface area (Å²) in [6, 6.07) is 0. The Bertz CT molecular complexity index is 114. The lowest BCUT2D eigenvalue weighted by molar-refractivity contribution is 0.0543. The minimum atomic E-state index is 0.486. The van der Waals surface area contributed by atoms with Gasteiger partial charge in [0.25, 0.3) is 0 Å². The first-order valence-electron chi connectivity index (χ1n) is 4.49. The number of rotatable bonds is 3. The Morgan fingerprint density at radius 3 is 2.73 bits per heavy atom. The summed E-state index contributed by atoms with van der Waals surface area (Å²) in [7, 11) is 0. The highest BCUT2D eigenvalue weighted by Crippen LogP contribution is 2.30. The largest absolute Gasteiger partial charge is 0.364 e. The second-order valence-corrected chi connectivity index (χ2v) is 4.75. The summed E-state index contributed by atoms with van der Waals surface area (Å²) in [6.07, 6.45) is 2.91. The molecule has 1 aliphatic rings. The molecule has 1 rings (SSSR count). The van der Waals surface area contributed by atoms with E-state index >= 15 is 0 Å². The molecule has 2 atom stereocenters. The van der Waals surface area contributed by atoms with Crippen molar-refractivity contribution in [3.8, 4) is 0 Å². The van der Waals surface area contributed by atoms with E-state index < -0.39 is 0 Å². The molecule has 0 spiro atoms. The molecule has 11 heavy (non-hydrogen) atoms. The molecule has 1 aliphatic heterocycles. The first kappa shape index (κ1) is 9.40. The Morgan fingerprint density at radius 2 is 2.27 bits per heavy atom. The number of thioether (sulfide) groups is 1. The molecule has 0 radical (unpaired) electrons. The molecule has 0 aromatic carbocycles. The SMILES string of the molecule is CCC1CSC(CC(C)C)O1. The Morgan fingerprint density at radius 1 is 1.55 bits per heavy atom. The van der Waals surface area contributed by atoms with Crippen LogP contribution >= 0.6 is 11.8 Å². The molecule has 0 aromatic heterocycles. The van der Waals surface area contributed by atoms with E-state index in [0.29, 0.717) is 11.5 Å². The second kappa shape index (κ2) is 4.36. The average molecular weight is 174 g/mol.